The predicted molar refractivity (Wildman–Crippen MR) is 196 cm³/mol. The third-order valence-electron chi connectivity index (χ3n) is 11.1. The molecule has 0 unspecified atom stereocenters. The van der Waals surface area contributed by atoms with Gasteiger partial charge in [0, 0.05) is 37.8 Å². The van der Waals surface area contributed by atoms with Gasteiger partial charge in [-0.05, 0) is 82.3 Å². The van der Waals surface area contributed by atoms with Gasteiger partial charge in [0.1, 0.15) is 12.1 Å². The Morgan fingerprint density at radius 1 is 0.849 bits per heavy atom. The molecule has 3 N–H and O–H groups in total. The van der Waals surface area contributed by atoms with Gasteiger partial charge in [-0.15, -0.1) is 0 Å². The summed E-state index contributed by atoms with van der Waals surface area (Å²) in [6.07, 6.45) is 11.7. The number of amides is 5. The average Bonchev–Trinajstić information content (AvgIpc) is 3.84. The van der Waals surface area contributed by atoms with E-state index in [9.17, 15) is 24.0 Å². The molecule has 2 saturated heterocycles. The van der Waals surface area contributed by atoms with Crippen molar-refractivity contribution in [1.29, 1.82) is 0 Å². The Morgan fingerprint density at radius 3 is 2.28 bits per heavy atom. The summed E-state index contributed by atoms with van der Waals surface area (Å²) < 4.78 is 12.8. The van der Waals surface area contributed by atoms with Gasteiger partial charge in [-0.2, -0.15) is 5.10 Å². The zero-order valence-corrected chi connectivity index (χ0v) is 30.9. The highest BCUT2D eigenvalue weighted by atomic mass is 16.5. The van der Waals surface area contributed by atoms with Gasteiger partial charge >= 0.3 is 6.09 Å². The number of carbonyl (C=O) groups excluding carboxylic acids is 5. The van der Waals surface area contributed by atoms with E-state index in [0.717, 1.165) is 70.6 Å². The van der Waals surface area contributed by atoms with Crippen molar-refractivity contribution in [3.8, 4) is 11.6 Å². The second kappa shape index (κ2) is 18.4. The van der Waals surface area contributed by atoms with E-state index in [1.165, 1.54) is 10.7 Å². The standard InChI is InChI=1S/C39H55N7O7/c1-2-3-24-52-39(51)41-29-19-22-44(23-20-29)38(50)35(27-12-6-4-7-13-27)42-36(48)31-25-34(46(43-31)30-16-8-5-9-17-30)53-26-33(47)45-21-11-18-32(45)37(49)40-28-14-10-15-28/h5,8-9,16-17,25,27-29,32,35H,2-4,6-7,10-15,18-24,26H2,1H3,(H,40,49)(H,41,51)(H,42,48)/t32-,35-/m0/s1. The van der Waals surface area contributed by atoms with E-state index in [2.05, 4.69) is 21.0 Å². The maximum absolute atomic E-state index is 14.1. The van der Waals surface area contributed by atoms with E-state index in [-0.39, 0.29) is 53.9 Å². The van der Waals surface area contributed by atoms with Crippen LogP contribution in [-0.4, -0.2) is 106 Å². The Labute approximate surface area is 311 Å². The molecule has 2 aliphatic heterocycles. The Balaban J connectivity index is 1.12. The van der Waals surface area contributed by atoms with Crippen molar-refractivity contribution in [2.75, 3.05) is 32.8 Å². The van der Waals surface area contributed by atoms with E-state index in [1.807, 2.05) is 37.3 Å². The van der Waals surface area contributed by atoms with Crippen LogP contribution >= 0.6 is 0 Å². The normalized spacial score (nSPS) is 20.3. The summed E-state index contributed by atoms with van der Waals surface area (Å²) in [6, 6.07) is 9.56. The van der Waals surface area contributed by atoms with Gasteiger partial charge in [-0.3, -0.25) is 19.2 Å². The minimum absolute atomic E-state index is 0.0101. The summed E-state index contributed by atoms with van der Waals surface area (Å²) >= 11 is 0. The first-order chi connectivity index (χ1) is 25.8. The van der Waals surface area contributed by atoms with Gasteiger partial charge in [-0.25, -0.2) is 9.48 Å². The first kappa shape index (κ1) is 38.1. The number of benzene rings is 1. The van der Waals surface area contributed by atoms with Crippen molar-refractivity contribution in [2.24, 2.45) is 5.92 Å². The predicted octanol–water partition coefficient (Wildman–Crippen LogP) is 4.11. The van der Waals surface area contributed by atoms with Gasteiger partial charge in [0.05, 0.1) is 12.3 Å². The summed E-state index contributed by atoms with van der Waals surface area (Å²) in [7, 11) is 0. The van der Waals surface area contributed by atoms with Crippen LogP contribution in [0.4, 0.5) is 4.79 Å². The zero-order valence-electron chi connectivity index (χ0n) is 30.9. The summed E-state index contributed by atoms with van der Waals surface area (Å²) in [5.74, 6) is -0.853. The smallest absolute Gasteiger partial charge is 0.407 e. The van der Waals surface area contributed by atoms with E-state index in [4.69, 9.17) is 9.47 Å². The quantitative estimate of drug-likeness (QED) is 0.244. The molecule has 6 rings (SSSR count). The molecule has 2 aliphatic carbocycles. The molecule has 2 aromatic rings. The summed E-state index contributed by atoms with van der Waals surface area (Å²) in [5, 5.41) is 13.6. The first-order valence-corrected chi connectivity index (χ1v) is 19.7. The highest BCUT2D eigenvalue weighted by Crippen LogP contribution is 2.29. The van der Waals surface area contributed by atoms with Crippen LogP contribution in [0.2, 0.25) is 0 Å². The van der Waals surface area contributed by atoms with Gasteiger partial charge in [0.2, 0.25) is 17.7 Å². The van der Waals surface area contributed by atoms with Crippen LogP contribution in [0.15, 0.2) is 36.4 Å². The molecule has 0 spiro atoms. The molecular formula is C39H55N7O7. The number of rotatable bonds is 14. The lowest BCUT2D eigenvalue weighted by Crippen LogP contribution is -2.55. The highest BCUT2D eigenvalue weighted by molar-refractivity contribution is 5.96. The molecule has 0 bridgehead atoms. The molecule has 1 aromatic carbocycles. The number of para-hydroxylation sites is 1. The zero-order chi connectivity index (χ0) is 37.2. The van der Waals surface area contributed by atoms with Crippen molar-refractivity contribution in [2.45, 2.75) is 121 Å². The number of nitrogens with zero attached hydrogens (tertiary/aromatic N) is 4. The maximum atomic E-state index is 14.1. The number of hydrogen-bond donors (Lipinski definition) is 3. The monoisotopic (exact) mass is 733 g/mol. The number of carbonyl (C=O) groups is 5. The lowest BCUT2D eigenvalue weighted by Gasteiger charge is -2.37. The van der Waals surface area contributed by atoms with Crippen molar-refractivity contribution in [3.63, 3.8) is 0 Å². The van der Waals surface area contributed by atoms with Crippen molar-refractivity contribution in [3.05, 3.63) is 42.1 Å². The van der Waals surface area contributed by atoms with Crippen LogP contribution in [0, 0.1) is 5.92 Å². The molecule has 0 radical (unpaired) electrons. The molecule has 4 fully saturated rings. The third kappa shape index (κ3) is 9.88. The highest BCUT2D eigenvalue weighted by Gasteiger charge is 2.38. The summed E-state index contributed by atoms with van der Waals surface area (Å²) in [5.41, 5.74) is 0.701. The van der Waals surface area contributed by atoms with E-state index in [1.54, 1.807) is 9.80 Å². The largest absolute Gasteiger partial charge is 0.467 e. The molecule has 288 valence electrons. The Morgan fingerprint density at radius 2 is 1.58 bits per heavy atom. The fourth-order valence-electron chi connectivity index (χ4n) is 7.76. The number of ether oxygens (including phenoxy) is 2. The van der Waals surface area contributed by atoms with Crippen LogP contribution in [0.25, 0.3) is 5.69 Å². The second-order valence-corrected chi connectivity index (χ2v) is 14.9. The molecule has 1 aromatic heterocycles. The van der Waals surface area contributed by atoms with Crippen molar-refractivity contribution in [1.82, 2.24) is 35.5 Å². The SMILES string of the molecule is CCCCOC(=O)NC1CCN(C(=O)[C@@H](NC(=O)c2cc(OCC(=O)N3CCC[C@H]3C(=O)NC3CCC3)n(-c3ccccc3)n2)C2CCCCC2)CC1. The van der Waals surface area contributed by atoms with Crippen molar-refractivity contribution < 1.29 is 33.4 Å². The molecule has 53 heavy (non-hydrogen) atoms. The number of hydrogen-bond acceptors (Lipinski definition) is 8. The maximum Gasteiger partial charge on any atom is 0.407 e. The fraction of sp³-hybridized carbons (Fsp3) is 0.641. The number of likely N-dealkylation sites (tertiary alicyclic amines) is 2. The summed E-state index contributed by atoms with van der Waals surface area (Å²) in [4.78, 5) is 70.0. The number of alkyl carbamates (subject to hydrolysis) is 1. The number of nitrogens with one attached hydrogen (secondary N) is 3. The van der Waals surface area contributed by atoms with Crippen molar-refractivity contribution >= 4 is 29.7 Å². The lowest BCUT2D eigenvalue weighted by atomic mass is 9.83. The average molecular weight is 734 g/mol. The molecule has 2 atom stereocenters. The Kier molecular flexibility index (Phi) is 13.2. The number of piperidine rings is 1. The number of unbranched alkanes of at least 4 members (excludes halogenated alkanes) is 1. The van der Waals surface area contributed by atoms with Crippen LogP contribution in [0.3, 0.4) is 0 Å². The molecule has 5 amide bonds. The van der Waals surface area contributed by atoms with Gasteiger partial charge in [0.25, 0.3) is 11.8 Å². The molecule has 14 heteroatoms. The van der Waals surface area contributed by atoms with Crippen LogP contribution in [0.1, 0.15) is 107 Å². The van der Waals surface area contributed by atoms with E-state index < -0.39 is 24.1 Å². The van der Waals surface area contributed by atoms with Gasteiger partial charge < -0.3 is 35.2 Å². The molecule has 3 heterocycles. The Bertz CT molecular complexity index is 1560. The lowest BCUT2D eigenvalue weighted by molar-refractivity contribution is -0.140. The minimum atomic E-state index is -0.725. The number of aromatic nitrogens is 2. The molecular weight excluding hydrogens is 678 g/mol. The van der Waals surface area contributed by atoms with E-state index in [0.29, 0.717) is 51.2 Å². The second-order valence-electron chi connectivity index (χ2n) is 14.9. The summed E-state index contributed by atoms with van der Waals surface area (Å²) in [6.45, 7) is 3.51. The van der Waals surface area contributed by atoms with Gasteiger partial charge in [0.15, 0.2) is 12.3 Å². The van der Waals surface area contributed by atoms with E-state index >= 15 is 0 Å². The topological polar surface area (TPSA) is 164 Å². The third-order valence-corrected chi connectivity index (χ3v) is 11.1. The molecule has 14 nitrogen and oxygen atoms in total. The molecule has 4 aliphatic rings. The van der Waals surface area contributed by atoms with Gasteiger partial charge in [-0.1, -0.05) is 50.8 Å². The Hall–Kier alpha value is -4.62. The van der Waals surface area contributed by atoms with Crippen LogP contribution < -0.4 is 20.7 Å². The minimum Gasteiger partial charge on any atom is -0.467 e. The van der Waals surface area contributed by atoms with Crippen LogP contribution in [-0.2, 0) is 19.1 Å². The fourth-order valence-corrected chi connectivity index (χ4v) is 7.76. The first-order valence-electron chi connectivity index (χ1n) is 19.7. The molecule has 2 saturated carbocycles. The van der Waals surface area contributed by atoms with Crippen LogP contribution in [0.5, 0.6) is 5.88 Å².